The first kappa shape index (κ1) is 48.6. The molecule has 8 unspecified atom stereocenters. The Bertz CT molecular complexity index is 1650. The van der Waals surface area contributed by atoms with Crippen LogP contribution in [-0.4, -0.2) is 125 Å². The highest BCUT2D eigenvalue weighted by Crippen LogP contribution is 2.49. The fourth-order valence-corrected chi connectivity index (χ4v) is 11.9. The number of hydrogen-bond acceptors (Lipinski definition) is 15. The lowest BCUT2D eigenvalue weighted by Gasteiger charge is -2.36. The van der Waals surface area contributed by atoms with Gasteiger partial charge in [-0.15, -0.1) is 0 Å². The van der Waals surface area contributed by atoms with Crippen molar-refractivity contribution in [3.05, 3.63) is 0 Å². The molecule has 5 fully saturated rings. The Morgan fingerprint density at radius 3 is 1.00 bits per heavy atom. The number of esters is 4. The highest BCUT2D eigenvalue weighted by molar-refractivity contribution is 5.93. The third kappa shape index (κ3) is 9.01. The lowest BCUT2D eigenvalue weighted by atomic mass is 9.85. The van der Waals surface area contributed by atoms with Gasteiger partial charge in [-0.3, -0.25) is 19.2 Å². The lowest BCUT2D eigenvalue weighted by molar-refractivity contribution is -0.200. The molecule has 0 radical (unpaired) electrons. The summed E-state index contributed by atoms with van der Waals surface area (Å²) in [6.07, 6.45) is 2.08. The molecule has 0 spiro atoms. The van der Waals surface area contributed by atoms with Crippen LogP contribution in [0.5, 0.6) is 0 Å². The van der Waals surface area contributed by atoms with Gasteiger partial charge >= 0.3 is 23.9 Å². The molecule has 344 valence electrons. The first-order valence-electron chi connectivity index (χ1n) is 22.0. The normalized spacial score (nSPS) is 35.9. The van der Waals surface area contributed by atoms with Gasteiger partial charge in [-0.1, -0.05) is 0 Å². The average molecular weight is 851 g/mol. The molecule has 15 heteroatoms. The molecular formula is C45H78N4O11. The Labute approximate surface area is 358 Å². The second-order valence-corrected chi connectivity index (χ2v) is 23.7. The smallest absolute Gasteiger partial charge is 0.310 e. The van der Waals surface area contributed by atoms with Gasteiger partial charge in [0, 0.05) is 68.0 Å². The van der Waals surface area contributed by atoms with Crippen LogP contribution in [0.2, 0.25) is 0 Å². The van der Waals surface area contributed by atoms with Gasteiger partial charge < -0.3 is 39.9 Å². The van der Waals surface area contributed by atoms with Crippen molar-refractivity contribution < 1.29 is 53.7 Å². The Balaban J connectivity index is 1.46. The van der Waals surface area contributed by atoms with Gasteiger partial charge in [-0.05, 0) is 143 Å². The van der Waals surface area contributed by atoms with Crippen molar-refractivity contribution in [1.29, 1.82) is 0 Å². The van der Waals surface area contributed by atoms with Gasteiger partial charge in [0.1, 0.15) is 0 Å². The Hall–Kier alpha value is -2.40. The maximum Gasteiger partial charge on any atom is 0.310 e. The van der Waals surface area contributed by atoms with E-state index in [-0.39, 0.29) is 67.6 Å². The average Bonchev–Trinajstić information content (AvgIpc) is 3.76. The third-order valence-corrected chi connectivity index (χ3v) is 15.6. The van der Waals surface area contributed by atoms with Crippen LogP contribution in [0, 0.1) is 47.3 Å². The minimum absolute atomic E-state index is 0.0469. The Kier molecular flexibility index (Phi) is 13.0. The van der Waals surface area contributed by atoms with Gasteiger partial charge in [0.25, 0.3) is 0 Å². The summed E-state index contributed by atoms with van der Waals surface area (Å²) in [6.45, 7) is 30.7. The zero-order chi connectivity index (χ0) is 45.6. The fraction of sp³-hybridized carbons (Fsp3) is 0.911. The summed E-state index contributed by atoms with van der Waals surface area (Å²) in [5, 5.41) is 40.4. The van der Waals surface area contributed by atoms with Crippen LogP contribution < -0.4 is 5.32 Å². The number of carbonyl (C=O) groups excluding carboxylic acids is 4. The number of rotatable bonds is 12. The first-order valence-corrected chi connectivity index (χ1v) is 22.0. The van der Waals surface area contributed by atoms with E-state index in [4.69, 9.17) is 18.9 Å². The van der Waals surface area contributed by atoms with Crippen LogP contribution in [0.1, 0.15) is 143 Å². The van der Waals surface area contributed by atoms with E-state index in [9.17, 15) is 34.8 Å². The summed E-state index contributed by atoms with van der Waals surface area (Å²) in [4.78, 5) is 58.0. The summed E-state index contributed by atoms with van der Waals surface area (Å²) in [6, 6.07) is 0. The summed E-state index contributed by atoms with van der Waals surface area (Å²) in [7, 11) is 0. The van der Waals surface area contributed by atoms with Crippen molar-refractivity contribution in [2.24, 2.45) is 47.3 Å². The van der Waals surface area contributed by atoms with E-state index < -0.39 is 80.8 Å². The van der Waals surface area contributed by atoms with E-state index in [1.54, 1.807) is 0 Å². The standard InChI is InChI=1S/C45H78N4O11/c1-38(2)18-26(42(9,10)46-38)22-57-34(50)30-17-31(35(51)58-23-27-19-39(3,4)47(54)43(27,11)12)33(37(53)60-25-29-21-41(7,8)49(56)45(29,15)16)32(30)36(52)59-24-28-20-40(5,6)48(55)44(28,13)14/h26-33,46,54-56H,17-25H2,1-16H3. The number of nitrogens with zero attached hydrogens (tertiary/aromatic N) is 3. The quantitative estimate of drug-likeness (QED) is 0.132. The van der Waals surface area contributed by atoms with Gasteiger partial charge in [0.15, 0.2) is 0 Å². The fourth-order valence-electron chi connectivity index (χ4n) is 11.9. The molecular weight excluding hydrogens is 773 g/mol. The maximum atomic E-state index is 14.6. The predicted octanol–water partition coefficient (Wildman–Crippen LogP) is 6.00. The summed E-state index contributed by atoms with van der Waals surface area (Å²) in [5.41, 5.74) is -4.56. The second-order valence-electron chi connectivity index (χ2n) is 23.7. The number of ether oxygens (including phenoxy) is 4. The van der Waals surface area contributed by atoms with Gasteiger partial charge in [-0.2, -0.15) is 15.2 Å². The van der Waals surface area contributed by atoms with E-state index >= 15 is 0 Å². The lowest BCUT2D eigenvalue weighted by Crippen LogP contribution is -2.48. The van der Waals surface area contributed by atoms with Gasteiger partial charge in [0.05, 0.1) is 50.1 Å². The van der Waals surface area contributed by atoms with E-state index in [1.165, 1.54) is 15.2 Å². The predicted molar refractivity (Wildman–Crippen MR) is 221 cm³/mol. The maximum absolute atomic E-state index is 14.6. The minimum Gasteiger partial charge on any atom is -0.465 e. The number of nitrogens with one attached hydrogen (secondary N) is 1. The molecule has 4 N–H and O–H groups in total. The van der Waals surface area contributed by atoms with Crippen molar-refractivity contribution in [1.82, 2.24) is 20.5 Å². The highest BCUT2D eigenvalue weighted by Gasteiger charge is 2.61. The highest BCUT2D eigenvalue weighted by atomic mass is 16.6. The molecule has 4 saturated heterocycles. The first-order chi connectivity index (χ1) is 27.1. The van der Waals surface area contributed by atoms with Crippen LogP contribution >= 0.6 is 0 Å². The molecule has 5 aliphatic rings. The van der Waals surface area contributed by atoms with Crippen molar-refractivity contribution in [3.8, 4) is 0 Å². The van der Waals surface area contributed by atoms with E-state index in [1.807, 2.05) is 83.1 Å². The van der Waals surface area contributed by atoms with Gasteiger partial charge in [0.2, 0.25) is 0 Å². The van der Waals surface area contributed by atoms with E-state index in [0.717, 1.165) is 6.42 Å². The molecule has 0 aromatic heterocycles. The summed E-state index contributed by atoms with van der Waals surface area (Å²) < 4.78 is 24.1. The van der Waals surface area contributed by atoms with Crippen molar-refractivity contribution >= 4 is 23.9 Å². The minimum atomic E-state index is -1.45. The summed E-state index contributed by atoms with van der Waals surface area (Å²) in [5.74, 6) is -9.40. The van der Waals surface area contributed by atoms with Crippen molar-refractivity contribution in [3.63, 3.8) is 0 Å². The molecule has 5 rings (SSSR count). The molecule has 15 nitrogen and oxygen atoms in total. The van der Waals surface area contributed by atoms with Crippen LogP contribution in [0.4, 0.5) is 0 Å². The molecule has 8 atom stereocenters. The number of hydrogen-bond donors (Lipinski definition) is 4. The third-order valence-electron chi connectivity index (χ3n) is 15.6. The molecule has 1 saturated carbocycles. The largest absolute Gasteiger partial charge is 0.465 e. The number of hydroxylamine groups is 6. The topological polar surface area (TPSA) is 188 Å². The molecule has 1 aliphatic carbocycles. The second kappa shape index (κ2) is 16.0. The van der Waals surface area contributed by atoms with Crippen molar-refractivity contribution in [2.45, 2.75) is 187 Å². The van der Waals surface area contributed by atoms with E-state index in [0.29, 0.717) is 19.3 Å². The van der Waals surface area contributed by atoms with Crippen LogP contribution in [0.3, 0.4) is 0 Å². The molecule has 0 aromatic carbocycles. The molecule has 60 heavy (non-hydrogen) atoms. The van der Waals surface area contributed by atoms with Crippen LogP contribution in [-0.2, 0) is 38.1 Å². The van der Waals surface area contributed by atoms with Crippen LogP contribution in [0.25, 0.3) is 0 Å². The molecule has 0 bridgehead atoms. The SMILES string of the molecule is CC1(C)CC(COC(=O)C2CC(C(=O)OCC3CC(C)(C)N(O)C3(C)C)C(C(=O)OCC3CC(C)(C)N(O)C3(C)C)C2C(=O)OCC2CC(C)(C)N(O)C2(C)C)C(C)(C)N1. The zero-order valence-electron chi connectivity index (χ0n) is 39.4. The Morgan fingerprint density at radius 1 is 0.467 bits per heavy atom. The Morgan fingerprint density at radius 2 is 0.750 bits per heavy atom. The van der Waals surface area contributed by atoms with Crippen molar-refractivity contribution in [2.75, 3.05) is 26.4 Å². The summed E-state index contributed by atoms with van der Waals surface area (Å²) >= 11 is 0. The monoisotopic (exact) mass is 851 g/mol. The zero-order valence-corrected chi connectivity index (χ0v) is 39.4. The number of carbonyl (C=O) groups is 4. The molecule has 4 aliphatic heterocycles. The molecule has 0 aromatic rings. The van der Waals surface area contributed by atoms with Crippen LogP contribution in [0.15, 0.2) is 0 Å². The van der Waals surface area contributed by atoms with Gasteiger partial charge in [-0.25, -0.2) is 0 Å². The molecule has 4 heterocycles. The van der Waals surface area contributed by atoms with E-state index in [2.05, 4.69) is 33.0 Å². The molecule has 0 amide bonds.